The number of anilines is 1. The van der Waals surface area contributed by atoms with Gasteiger partial charge in [0.2, 0.25) is 5.91 Å². The number of para-hydroxylation sites is 1. The Balaban J connectivity index is 1.49. The van der Waals surface area contributed by atoms with Crippen molar-refractivity contribution in [3.8, 4) is 5.69 Å². The summed E-state index contributed by atoms with van der Waals surface area (Å²) in [6.45, 7) is 4.05. The van der Waals surface area contributed by atoms with Gasteiger partial charge in [-0.2, -0.15) is 0 Å². The number of amides is 1. The van der Waals surface area contributed by atoms with Crippen LogP contribution in [0.3, 0.4) is 0 Å². The van der Waals surface area contributed by atoms with Crippen LogP contribution in [0.5, 0.6) is 0 Å². The molecule has 2 aromatic carbocycles. The molecule has 1 saturated carbocycles. The number of carbonyl (C=O) groups excluding carboxylic acids is 1. The molecule has 0 saturated heterocycles. The number of aryl methyl sites for hydroxylation is 2. The quantitative estimate of drug-likeness (QED) is 0.642. The largest absolute Gasteiger partial charge is 0.325 e. The standard InChI is InChI=1S/C21H22N4OS/c1-14-10-15(2)12-17(11-14)22-19(26)13-27-21-24-23-20(16-8-9-16)25(21)18-6-4-3-5-7-18/h3-7,10-12,16H,8-9,13H2,1-2H3,(H,22,26). The molecule has 0 unspecified atom stereocenters. The zero-order chi connectivity index (χ0) is 18.8. The Morgan fingerprint density at radius 3 is 2.48 bits per heavy atom. The van der Waals surface area contributed by atoms with E-state index in [2.05, 4.69) is 38.3 Å². The van der Waals surface area contributed by atoms with Crippen LogP contribution in [-0.4, -0.2) is 26.4 Å². The average Bonchev–Trinajstić information content (AvgIpc) is 3.39. The topological polar surface area (TPSA) is 59.8 Å². The number of rotatable bonds is 6. The van der Waals surface area contributed by atoms with E-state index in [4.69, 9.17) is 0 Å². The third kappa shape index (κ3) is 4.22. The van der Waals surface area contributed by atoms with Gasteiger partial charge in [0, 0.05) is 17.3 Å². The van der Waals surface area contributed by atoms with Gasteiger partial charge in [0.15, 0.2) is 5.16 Å². The minimum Gasteiger partial charge on any atom is -0.325 e. The van der Waals surface area contributed by atoms with Crippen LogP contribution in [0.25, 0.3) is 5.69 Å². The molecule has 6 heteroatoms. The molecule has 0 radical (unpaired) electrons. The van der Waals surface area contributed by atoms with Crippen LogP contribution in [0, 0.1) is 13.8 Å². The molecule has 0 aliphatic heterocycles. The van der Waals surface area contributed by atoms with Crippen molar-refractivity contribution in [2.75, 3.05) is 11.1 Å². The molecule has 0 spiro atoms. The predicted molar refractivity (Wildman–Crippen MR) is 109 cm³/mol. The second-order valence-electron chi connectivity index (χ2n) is 7.00. The van der Waals surface area contributed by atoms with Crippen LogP contribution in [-0.2, 0) is 4.79 Å². The lowest BCUT2D eigenvalue weighted by Gasteiger charge is -2.10. The summed E-state index contributed by atoms with van der Waals surface area (Å²) in [6, 6.07) is 16.2. The monoisotopic (exact) mass is 378 g/mol. The maximum absolute atomic E-state index is 12.4. The van der Waals surface area contributed by atoms with Gasteiger partial charge in [-0.3, -0.25) is 9.36 Å². The highest BCUT2D eigenvalue weighted by molar-refractivity contribution is 7.99. The smallest absolute Gasteiger partial charge is 0.234 e. The number of hydrogen-bond acceptors (Lipinski definition) is 4. The molecule has 1 fully saturated rings. The molecule has 1 heterocycles. The van der Waals surface area contributed by atoms with E-state index in [-0.39, 0.29) is 5.91 Å². The number of benzene rings is 2. The van der Waals surface area contributed by atoms with Gasteiger partial charge in [0.25, 0.3) is 0 Å². The first-order valence-electron chi connectivity index (χ1n) is 9.12. The molecule has 0 bridgehead atoms. The first kappa shape index (κ1) is 17.8. The fourth-order valence-corrected chi connectivity index (χ4v) is 3.93. The van der Waals surface area contributed by atoms with Crippen molar-refractivity contribution in [3.63, 3.8) is 0 Å². The Labute approximate surface area is 163 Å². The fourth-order valence-electron chi connectivity index (χ4n) is 3.17. The van der Waals surface area contributed by atoms with Gasteiger partial charge in [-0.05, 0) is 62.1 Å². The second kappa shape index (κ2) is 7.56. The maximum atomic E-state index is 12.4. The van der Waals surface area contributed by atoms with Crippen molar-refractivity contribution in [1.29, 1.82) is 0 Å². The number of carbonyl (C=O) groups is 1. The predicted octanol–water partition coefficient (Wildman–Crippen LogP) is 4.49. The van der Waals surface area contributed by atoms with Crippen LogP contribution < -0.4 is 5.32 Å². The Morgan fingerprint density at radius 2 is 1.81 bits per heavy atom. The number of hydrogen-bond donors (Lipinski definition) is 1. The van der Waals surface area contributed by atoms with Crippen LogP contribution in [0.4, 0.5) is 5.69 Å². The van der Waals surface area contributed by atoms with Crippen molar-refractivity contribution in [1.82, 2.24) is 14.8 Å². The third-order valence-electron chi connectivity index (χ3n) is 4.45. The van der Waals surface area contributed by atoms with E-state index in [0.717, 1.165) is 46.3 Å². The molecule has 1 N–H and O–H groups in total. The molecule has 27 heavy (non-hydrogen) atoms. The Bertz CT molecular complexity index is 943. The van der Waals surface area contributed by atoms with Gasteiger partial charge >= 0.3 is 0 Å². The Morgan fingerprint density at radius 1 is 1.11 bits per heavy atom. The van der Waals surface area contributed by atoms with Crippen LogP contribution in [0.15, 0.2) is 53.7 Å². The molecule has 0 atom stereocenters. The zero-order valence-electron chi connectivity index (χ0n) is 15.5. The summed E-state index contributed by atoms with van der Waals surface area (Å²) < 4.78 is 2.09. The van der Waals surface area contributed by atoms with E-state index in [9.17, 15) is 4.79 Å². The average molecular weight is 379 g/mol. The minimum atomic E-state index is -0.0411. The summed E-state index contributed by atoms with van der Waals surface area (Å²) in [6.07, 6.45) is 2.31. The van der Waals surface area contributed by atoms with Crippen molar-refractivity contribution in [3.05, 3.63) is 65.5 Å². The summed E-state index contributed by atoms with van der Waals surface area (Å²) >= 11 is 1.42. The van der Waals surface area contributed by atoms with Gasteiger partial charge in [-0.1, -0.05) is 36.0 Å². The molecule has 5 nitrogen and oxygen atoms in total. The lowest BCUT2D eigenvalue weighted by atomic mass is 10.1. The highest BCUT2D eigenvalue weighted by atomic mass is 32.2. The minimum absolute atomic E-state index is 0.0411. The van der Waals surface area contributed by atoms with E-state index in [0.29, 0.717) is 11.7 Å². The molecular formula is C21H22N4OS. The molecule has 1 aromatic heterocycles. The van der Waals surface area contributed by atoms with Crippen LogP contribution in [0.2, 0.25) is 0 Å². The molecule has 1 amide bonds. The molecule has 1 aliphatic rings. The van der Waals surface area contributed by atoms with Crippen molar-refractivity contribution < 1.29 is 4.79 Å². The van der Waals surface area contributed by atoms with Gasteiger partial charge in [0.1, 0.15) is 5.82 Å². The summed E-state index contributed by atoms with van der Waals surface area (Å²) in [5.41, 5.74) is 4.15. The number of thioether (sulfide) groups is 1. The van der Waals surface area contributed by atoms with Gasteiger partial charge < -0.3 is 5.32 Å². The maximum Gasteiger partial charge on any atom is 0.234 e. The number of aromatic nitrogens is 3. The highest BCUT2D eigenvalue weighted by Crippen LogP contribution is 2.41. The Hall–Kier alpha value is -2.60. The first-order chi connectivity index (χ1) is 13.1. The number of nitrogens with zero attached hydrogens (tertiary/aromatic N) is 3. The van der Waals surface area contributed by atoms with E-state index < -0.39 is 0 Å². The van der Waals surface area contributed by atoms with Crippen molar-refractivity contribution in [2.45, 2.75) is 37.8 Å². The van der Waals surface area contributed by atoms with Crippen LogP contribution in [0.1, 0.15) is 35.7 Å². The van der Waals surface area contributed by atoms with Crippen molar-refractivity contribution in [2.24, 2.45) is 0 Å². The molecule has 4 rings (SSSR count). The zero-order valence-corrected chi connectivity index (χ0v) is 16.3. The van der Waals surface area contributed by atoms with Gasteiger partial charge in [-0.25, -0.2) is 0 Å². The molecule has 138 valence electrons. The molecule has 1 aliphatic carbocycles. The van der Waals surface area contributed by atoms with E-state index in [1.807, 2.05) is 44.2 Å². The van der Waals surface area contributed by atoms with Crippen molar-refractivity contribution >= 4 is 23.4 Å². The summed E-state index contributed by atoms with van der Waals surface area (Å²) in [5, 5.41) is 12.5. The van der Waals surface area contributed by atoms with E-state index in [1.54, 1.807) is 0 Å². The Kier molecular flexibility index (Phi) is 4.99. The third-order valence-corrected chi connectivity index (χ3v) is 5.38. The fraction of sp³-hybridized carbons (Fsp3) is 0.286. The first-order valence-corrected chi connectivity index (χ1v) is 10.1. The molecule has 3 aromatic rings. The number of nitrogens with one attached hydrogen (secondary N) is 1. The van der Waals surface area contributed by atoms with E-state index >= 15 is 0 Å². The van der Waals surface area contributed by atoms with Crippen LogP contribution >= 0.6 is 11.8 Å². The highest BCUT2D eigenvalue weighted by Gasteiger charge is 2.31. The second-order valence-corrected chi connectivity index (χ2v) is 7.94. The van der Waals surface area contributed by atoms with Gasteiger partial charge in [0.05, 0.1) is 5.75 Å². The summed E-state index contributed by atoms with van der Waals surface area (Å²) in [7, 11) is 0. The van der Waals surface area contributed by atoms with E-state index in [1.165, 1.54) is 11.8 Å². The summed E-state index contributed by atoms with van der Waals surface area (Å²) in [4.78, 5) is 12.4. The lowest BCUT2D eigenvalue weighted by Crippen LogP contribution is -2.15. The SMILES string of the molecule is Cc1cc(C)cc(NC(=O)CSc2nnc(C3CC3)n2-c2ccccc2)c1. The normalized spacial score (nSPS) is 13.6. The summed E-state index contributed by atoms with van der Waals surface area (Å²) in [5.74, 6) is 1.73. The van der Waals surface area contributed by atoms with Gasteiger partial charge in [-0.15, -0.1) is 10.2 Å². The lowest BCUT2D eigenvalue weighted by molar-refractivity contribution is -0.113. The molecular weight excluding hydrogens is 356 g/mol.